The summed E-state index contributed by atoms with van der Waals surface area (Å²) in [6, 6.07) is 3.17. The van der Waals surface area contributed by atoms with Crippen molar-refractivity contribution in [3.63, 3.8) is 0 Å². The summed E-state index contributed by atoms with van der Waals surface area (Å²) in [6.07, 6.45) is 4.65. The van der Waals surface area contributed by atoms with Gasteiger partial charge in [0, 0.05) is 23.9 Å². The summed E-state index contributed by atoms with van der Waals surface area (Å²) in [5.74, 6) is -1.26. The van der Waals surface area contributed by atoms with E-state index in [9.17, 15) is 14.7 Å². The number of amides is 1. The summed E-state index contributed by atoms with van der Waals surface area (Å²) < 4.78 is 0. The fourth-order valence-corrected chi connectivity index (χ4v) is 3.05. The number of pyridine rings is 1. The van der Waals surface area contributed by atoms with Crippen LogP contribution in [0.25, 0.3) is 0 Å². The number of nitrogens with one attached hydrogen (secondary N) is 1. The van der Waals surface area contributed by atoms with Gasteiger partial charge in [0.15, 0.2) is 5.13 Å². The maximum absolute atomic E-state index is 12.1. The second-order valence-corrected chi connectivity index (χ2v) is 5.74. The monoisotopic (exact) mass is 319 g/mol. The van der Waals surface area contributed by atoms with E-state index >= 15 is 0 Å². The molecule has 0 fully saturated rings. The molecule has 0 aliphatic carbocycles. The molecule has 2 rings (SSSR count). The van der Waals surface area contributed by atoms with Crippen molar-refractivity contribution in [2.75, 3.05) is 5.32 Å². The van der Waals surface area contributed by atoms with E-state index < -0.39 is 5.97 Å². The molecule has 2 aromatic heterocycles. The molecule has 0 bridgehead atoms. The van der Waals surface area contributed by atoms with Crippen LogP contribution in [0.1, 0.15) is 58.3 Å². The van der Waals surface area contributed by atoms with Crippen LogP contribution in [0.2, 0.25) is 0 Å². The Hall–Kier alpha value is -2.28. The third kappa shape index (κ3) is 3.48. The molecule has 2 heterocycles. The first kappa shape index (κ1) is 16.1. The molecule has 2 N–H and O–H groups in total. The van der Waals surface area contributed by atoms with Gasteiger partial charge < -0.3 is 5.11 Å². The predicted octanol–water partition coefficient (Wildman–Crippen LogP) is 3.39. The highest BCUT2D eigenvalue weighted by Gasteiger charge is 2.23. The van der Waals surface area contributed by atoms with Crippen LogP contribution >= 0.6 is 11.3 Å². The zero-order valence-corrected chi connectivity index (χ0v) is 13.2. The average Bonchev–Trinajstić information content (AvgIpc) is 2.93. The fourth-order valence-electron chi connectivity index (χ4n) is 2.16. The standard InChI is InChI=1S/C15H17N3O3S/c1-3-9(4-2)11-12(14(20)21)22-15(17-11)18-13(19)10-5-7-16-8-6-10/h5-9H,3-4H2,1-2H3,(H,20,21)(H,17,18,19). The summed E-state index contributed by atoms with van der Waals surface area (Å²) >= 11 is 0.991. The van der Waals surface area contributed by atoms with Gasteiger partial charge in [0.05, 0.1) is 5.69 Å². The van der Waals surface area contributed by atoms with E-state index in [4.69, 9.17) is 0 Å². The molecule has 0 saturated heterocycles. The minimum absolute atomic E-state index is 0.0777. The lowest BCUT2D eigenvalue weighted by molar-refractivity contribution is 0.0700. The minimum atomic E-state index is -1.01. The van der Waals surface area contributed by atoms with Gasteiger partial charge in [0.25, 0.3) is 5.91 Å². The van der Waals surface area contributed by atoms with Crippen LogP contribution in [0.15, 0.2) is 24.5 Å². The van der Waals surface area contributed by atoms with Gasteiger partial charge in [0.1, 0.15) is 4.88 Å². The second kappa shape index (κ2) is 7.13. The first-order valence-electron chi connectivity index (χ1n) is 7.02. The van der Waals surface area contributed by atoms with Crippen LogP contribution in [-0.2, 0) is 0 Å². The maximum Gasteiger partial charge on any atom is 0.347 e. The average molecular weight is 319 g/mol. The summed E-state index contributed by atoms with van der Waals surface area (Å²) in [4.78, 5) is 31.8. The van der Waals surface area contributed by atoms with Crippen molar-refractivity contribution in [3.05, 3.63) is 40.7 Å². The SMILES string of the molecule is CCC(CC)c1nc(NC(=O)c2ccncc2)sc1C(=O)O. The lowest BCUT2D eigenvalue weighted by atomic mass is 9.98. The summed E-state index contributed by atoms with van der Waals surface area (Å²) in [5.41, 5.74) is 0.999. The lowest BCUT2D eigenvalue weighted by Crippen LogP contribution is -2.11. The molecule has 2 aromatic rings. The van der Waals surface area contributed by atoms with Crippen molar-refractivity contribution in [1.82, 2.24) is 9.97 Å². The van der Waals surface area contributed by atoms with Gasteiger partial charge in [-0.2, -0.15) is 0 Å². The van der Waals surface area contributed by atoms with Crippen molar-refractivity contribution < 1.29 is 14.7 Å². The number of hydrogen-bond donors (Lipinski definition) is 2. The molecule has 0 radical (unpaired) electrons. The Labute approximate surface area is 132 Å². The van der Waals surface area contributed by atoms with Crippen LogP contribution in [0.5, 0.6) is 0 Å². The van der Waals surface area contributed by atoms with Crippen molar-refractivity contribution >= 4 is 28.3 Å². The Balaban J connectivity index is 2.27. The molecule has 0 aliphatic heterocycles. The smallest absolute Gasteiger partial charge is 0.347 e. The molecule has 0 saturated carbocycles. The normalized spacial score (nSPS) is 10.7. The van der Waals surface area contributed by atoms with E-state index in [-0.39, 0.29) is 16.7 Å². The molecule has 0 aromatic carbocycles. The summed E-state index contributed by atoms with van der Waals surface area (Å²) in [7, 11) is 0. The largest absolute Gasteiger partial charge is 0.477 e. The van der Waals surface area contributed by atoms with Crippen molar-refractivity contribution in [1.29, 1.82) is 0 Å². The Morgan fingerprint density at radius 3 is 2.45 bits per heavy atom. The Morgan fingerprint density at radius 1 is 1.27 bits per heavy atom. The zero-order valence-electron chi connectivity index (χ0n) is 12.4. The molecule has 7 heteroatoms. The van der Waals surface area contributed by atoms with E-state index in [1.165, 1.54) is 12.4 Å². The topological polar surface area (TPSA) is 92.2 Å². The third-order valence-corrected chi connectivity index (χ3v) is 4.36. The fraction of sp³-hybridized carbons (Fsp3) is 0.333. The van der Waals surface area contributed by atoms with Crippen molar-refractivity contribution in [3.8, 4) is 0 Å². The zero-order chi connectivity index (χ0) is 16.1. The predicted molar refractivity (Wildman–Crippen MR) is 84.6 cm³/mol. The number of hydrogen-bond acceptors (Lipinski definition) is 5. The molecule has 0 aliphatic rings. The number of aromatic carboxylic acids is 1. The van der Waals surface area contributed by atoms with E-state index in [2.05, 4.69) is 15.3 Å². The van der Waals surface area contributed by atoms with E-state index in [0.29, 0.717) is 16.4 Å². The molecule has 116 valence electrons. The lowest BCUT2D eigenvalue weighted by Gasteiger charge is -2.09. The van der Waals surface area contributed by atoms with Crippen LogP contribution in [0.3, 0.4) is 0 Å². The van der Waals surface area contributed by atoms with Gasteiger partial charge in [-0.15, -0.1) is 0 Å². The van der Waals surface area contributed by atoms with Crippen molar-refractivity contribution in [2.45, 2.75) is 32.6 Å². The number of rotatable bonds is 6. The van der Waals surface area contributed by atoms with Crippen LogP contribution in [-0.4, -0.2) is 27.0 Å². The number of carbonyl (C=O) groups excluding carboxylic acids is 1. The number of aromatic nitrogens is 2. The highest BCUT2D eigenvalue weighted by molar-refractivity contribution is 7.17. The summed E-state index contributed by atoms with van der Waals surface area (Å²) in [5, 5.41) is 12.3. The number of carboxylic acid groups (broad SMARTS) is 1. The third-order valence-electron chi connectivity index (χ3n) is 3.38. The van der Waals surface area contributed by atoms with Crippen LogP contribution in [0.4, 0.5) is 5.13 Å². The second-order valence-electron chi connectivity index (χ2n) is 4.74. The van der Waals surface area contributed by atoms with Gasteiger partial charge in [-0.3, -0.25) is 15.1 Å². The Morgan fingerprint density at radius 2 is 1.91 bits per heavy atom. The molecule has 0 unspecified atom stereocenters. The minimum Gasteiger partial charge on any atom is -0.477 e. The van der Waals surface area contributed by atoms with Gasteiger partial charge in [-0.05, 0) is 25.0 Å². The molecule has 0 spiro atoms. The highest BCUT2D eigenvalue weighted by Crippen LogP contribution is 2.32. The van der Waals surface area contributed by atoms with E-state index in [0.717, 1.165) is 24.2 Å². The number of nitrogens with zero attached hydrogens (tertiary/aromatic N) is 2. The van der Waals surface area contributed by atoms with Crippen LogP contribution < -0.4 is 5.32 Å². The first-order chi connectivity index (χ1) is 10.6. The molecular formula is C15H17N3O3S. The van der Waals surface area contributed by atoms with E-state index in [1.54, 1.807) is 12.1 Å². The Kier molecular flexibility index (Phi) is 5.21. The quantitative estimate of drug-likeness (QED) is 0.851. The molecule has 22 heavy (non-hydrogen) atoms. The Bertz CT molecular complexity index is 666. The highest BCUT2D eigenvalue weighted by atomic mass is 32.1. The van der Waals surface area contributed by atoms with Gasteiger partial charge >= 0.3 is 5.97 Å². The van der Waals surface area contributed by atoms with Crippen molar-refractivity contribution in [2.24, 2.45) is 0 Å². The maximum atomic E-state index is 12.1. The number of carboxylic acids is 1. The number of carbonyl (C=O) groups is 2. The van der Waals surface area contributed by atoms with Gasteiger partial charge in [-0.25, -0.2) is 9.78 Å². The first-order valence-corrected chi connectivity index (χ1v) is 7.83. The molecular weight excluding hydrogens is 302 g/mol. The molecule has 1 amide bonds. The van der Waals surface area contributed by atoms with Gasteiger partial charge in [0.2, 0.25) is 0 Å². The molecule has 6 nitrogen and oxygen atoms in total. The van der Waals surface area contributed by atoms with Crippen LogP contribution in [0, 0.1) is 0 Å². The van der Waals surface area contributed by atoms with E-state index in [1.807, 2.05) is 13.8 Å². The number of anilines is 1. The molecule has 0 atom stereocenters. The summed E-state index contributed by atoms with van der Waals surface area (Å²) in [6.45, 7) is 3.99. The number of thiazole rings is 1. The van der Waals surface area contributed by atoms with Gasteiger partial charge in [-0.1, -0.05) is 25.2 Å².